The van der Waals surface area contributed by atoms with E-state index in [0.717, 1.165) is 17.1 Å². The van der Waals surface area contributed by atoms with Crippen LogP contribution in [-0.2, 0) is 5.41 Å². The van der Waals surface area contributed by atoms with Crippen molar-refractivity contribution < 1.29 is 0 Å². The Morgan fingerprint density at radius 3 is 1.74 bits per heavy atom. The fraction of sp³-hybridized carbons (Fsp3) is 0.125. The van der Waals surface area contributed by atoms with Gasteiger partial charge in [0.05, 0.1) is 11.0 Å². The summed E-state index contributed by atoms with van der Waals surface area (Å²) in [5, 5.41) is 2.50. The van der Waals surface area contributed by atoms with Gasteiger partial charge in [-0.1, -0.05) is 141 Å². The largest absolute Gasteiger partial charge is 0.310 e. The average Bonchev–Trinajstić information content (AvgIpc) is 3.53. The van der Waals surface area contributed by atoms with Gasteiger partial charge in [-0.3, -0.25) is 0 Å². The molecule has 0 saturated heterocycles. The van der Waals surface area contributed by atoms with Crippen molar-refractivity contribution in [2.75, 3.05) is 4.90 Å². The van der Waals surface area contributed by atoms with Gasteiger partial charge >= 0.3 is 0 Å². The van der Waals surface area contributed by atoms with Gasteiger partial charge in [0, 0.05) is 38.9 Å². The molecule has 0 N–H and O–H groups in total. The fourth-order valence-electron chi connectivity index (χ4n) is 8.44. The molecule has 8 aromatic rings. The second-order valence-electron chi connectivity index (χ2n) is 13.7. The van der Waals surface area contributed by atoms with Gasteiger partial charge in [-0.15, -0.1) is 0 Å². The van der Waals surface area contributed by atoms with Crippen LogP contribution in [0, 0.1) is 0 Å². The highest BCUT2D eigenvalue weighted by molar-refractivity contribution is 6.10. The molecular formula is C48H40N2. The van der Waals surface area contributed by atoms with Crippen molar-refractivity contribution in [1.82, 2.24) is 4.57 Å². The van der Waals surface area contributed by atoms with Crippen LogP contribution in [0.2, 0.25) is 0 Å². The van der Waals surface area contributed by atoms with Gasteiger partial charge < -0.3 is 9.47 Å². The first-order valence-electron chi connectivity index (χ1n) is 18.0. The molecule has 1 aliphatic carbocycles. The zero-order valence-electron chi connectivity index (χ0n) is 28.3. The van der Waals surface area contributed by atoms with Crippen LogP contribution < -0.4 is 4.90 Å². The van der Waals surface area contributed by atoms with Gasteiger partial charge in [0.1, 0.15) is 0 Å². The van der Waals surface area contributed by atoms with Crippen LogP contribution in [0.15, 0.2) is 182 Å². The minimum absolute atomic E-state index is 0.0638. The van der Waals surface area contributed by atoms with E-state index in [0.29, 0.717) is 0 Å². The maximum absolute atomic E-state index is 2.43. The van der Waals surface area contributed by atoms with Crippen LogP contribution in [0.3, 0.4) is 0 Å². The van der Waals surface area contributed by atoms with E-state index in [-0.39, 0.29) is 5.41 Å². The monoisotopic (exact) mass is 644 g/mol. The summed E-state index contributed by atoms with van der Waals surface area (Å²) in [7, 11) is 0. The molecule has 50 heavy (non-hydrogen) atoms. The number of fused-ring (bicyclic) bond motifs is 3. The molecule has 0 unspecified atom stereocenters. The smallest absolute Gasteiger partial charge is 0.0542 e. The van der Waals surface area contributed by atoms with Crippen molar-refractivity contribution in [1.29, 1.82) is 0 Å². The third kappa shape index (κ3) is 5.29. The van der Waals surface area contributed by atoms with Crippen molar-refractivity contribution in [3.63, 3.8) is 0 Å². The predicted octanol–water partition coefficient (Wildman–Crippen LogP) is 13.2. The summed E-state index contributed by atoms with van der Waals surface area (Å²) in [6.07, 6.45) is 6.25. The van der Waals surface area contributed by atoms with Crippen molar-refractivity contribution in [3.8, 4) is 16.8 Å². The molecule has 242 valence electrons. The Kier molecular flexibility index (Phi) is 7.78. The van der Waals surface area contributed by atoms with E-state index in [9.17, 15) is 0 Å². The first kappa shape index (κ1) is 30.2. The third-order valence-electron chi connectivity index (χ3n) is 10.9. The number of para-hydroxylation sites is 2. The van der Waals surface area contributed by atoms with Crippen LogP contribution in [0.1, 0.15) is 43.2 Å². The number of anilines is 3. The highest BCUT2D eigenvalue weighted by Gasteiger charge is 2.35. The standard InChI is InChI=1S/C48H40N2/c1-5-16-36(17-6-1)37-18-15-23-42(34-37)49(41-28-26-39(27-29-41)48(32-13-4-14-33-48)38-19-7-2-8-20-38)43-30-31-47-45(35-43)44-24-11-12-25-46(44)50(47)40-21-9-3-10-22-40/h1-3,5-12,15-31,34-35H,4,13-14,32-33H2. The minimum atomic E-state index is 0.0638. The van der Waals surface area contributed by atoms with E-state index < -0.39 is 0 Å². The third-order valence-corrected chi connectivity index (χ3v) is 10.9. The lowest BCUT2D eigenvalue weighted by atomic mass is 9.65. The zero-order valence-corrected chi connectivity index (χ0v) is 28.3. The van der Waals surface area contributed by atoms with E-state index in [4.69, 9.17) is 0 Å². The molecule has 0 spiro atoms. The van der Waals surface area contributed by atoms with E-state index in [1.807, 2.05) is 0 Å². The van der Waals surface area contributed by atoms with Gasteiger partial charge in [-0.05, 0) is 95.8 Å². The Bertz CT molecular complexity index is 2380. The minimum Gasteiger partial charge on any atom is -0.310 e. The molecule has 0 amide bonds. The van der Waals surface area contributed by atoms with E-state index in [1.54, 1.807) is 0 Å². The first-order chi connectivity index (χ1) is 24.8. The van der Waals surface area contributed by atoms with Gasteiger partial charge in [0.2, 0.25) is 0 Å². The lowest BCUT2D eigenvalue weighted by molar-refractivity contribution is 0.346. The van der Waals surface area contributed by atoms with E-state index in [1.165, 1.54) is 81.9 Å². The van der Waals surface area contributed by atoms with Crippen molar-refractivity contribution >= 4 is 38.9 Å². The molecule has 0 bridgehead atoms. The molecule has 0 atom stereocenters. The Morgan fingerprint density at radius 2 is 0.980 bits per heavy atom. The first-order valence-corrected chi connectivity index (χ1v) is 18.0. The fourth-order valence-corrected chi connectivity index (χ4v) is 8.44. The molecule has 2 heteroatoms. The molecule has 1 saturated carbocycles. The number of aromatic nitrogens is 1. The average molecular weight is 645 g/mol. The Labute approximate surface area is 294 Å². The molecule has 7 aromatic carbocycles. The Hall–Kier alpha value is -5.86. The van der Waals surface area contributed by atoms with Crippen LogP contribution >= 0.6 is 0 Å². The quantitative estimate of drug-likeness (QED) is 0.168. The van der Waals surface area contributed by atoms with Crippen molar-refractivity contribution in [3.05, 3.63) is 193 Å². The number of rotatable bonds is 7. The van der Waals surface area contributed by atoms with Crippen molar-refractivity contribution in [2.45, 2.75) is 37.5 Å². The lowest BCUT2D eigenvalue weighted by Gasteiger charge is -2.39. The highest BCUT2D eigenvalue weighted by atomic mass is 15.1. The molecule has 1 aliphatic rings. The summed E-state index contributed by atoms with van der Waals surface area (Å²) in [5.74, 6) is 0. The predicted molar refractivity (Wildman–Crippen MR) is 211 cm³/mol. The highest BCUT2D eigenvalue weighted by Crippen LogP contribution is 2.46. The Morgan fingerprint density at radius 1 is 0.400 bits per heavy atom. The number of nitrogens with zero attached hydrogens (tertiary/aromatic N) is 2. The number of benzene rings is 7. The summed E-state index contributed by atoms with van der Waals surface area (Å²) in [6, 6.07) is 66.8. The molecule has 9 rings (SSSR count). The number of hydrogen-bond donors (Lipinski definition) is 0. The van der Waals surface area contributed by atoms with Crippen molar-refractivity contribution in [2.24, 2.45) is 0 Å². The maximum atomic E-state index is 2.43. The molecule has 1 aromatic heterocycles. The molecule has 1 fully saturated rings. The molecule has 2 nitrogen and oxygen atoms in total. The van der Waals surface area contributed by atoms with Crippen LogP contribution in [0.4, 0.5) is 17.1 Å². The Balaban J connectivity index is 1.21. The summed E-state index contributed by atoms with van der Waals surface area (Å²) < 4.78 is 2.39. The second kappa shape index (κ2) is 12.9. The zero-order chi connectivity index (χ0) is 33.3. The van der Waals surface area contributed by atoms with Gasteiger partial charge in [0.15, 0.2) is 0 Å². The normalized spacial score (nSPS) is 14.2. The van der Waals surface area contributed by atoms with Crippen LogP contribution in [-0.4, -0.2) is 4.57 Å². The maximum Gasteiger partial charge on any atom is 0.0542 e. The topological polar surface area (TPSA) is 8.17 Å². The molecular weight excluding hydrogens is 605 g/mol. The van der Waals surface area contributed by atoms with Crippen LogP contribution in [0.25, 0.3) is 38.6 Å². The molecule has 0 aliphatic heterocycles. The summed E-state index contributed by atoms with van der Waals surface area (Å²) in [5.41, 5.74) is 12.4. The molecule has 1 heterocycles. The second-order valence-corrected chi connectivity index (χ2v) is 13.7. The van der Waals surface area contributed by atoms with Gasteiger partial charge in [0.25, 0.3) is 0 Å². The summed E-state index contributed by atoms with van der Waals surface area (Å²) in [6.45, 7) is 0. The van der Waals surface area contributed by atoms with Crippen LogP contribution in [0.5, 0.6) is 0 Å². The lowest BCUT2D eigenvalue weighted by Crippen LogP contribution is -2.30. The van der Waals surface area contributed by atoms with E-state index in [2.05, 4.69) is 191 Å². The van der Waals surface area contributed by atoms with Gasteiger partial charge in [-0.25, -0.2) is 0 Å². The SMILES string of the molecule is c1ccc(-c2cccc(N(c3ccc(C4(c5ccccc5)CCCCC4)cc3)c3ccc4c(c3)c3ccccc3n4-c3ccccc3)c2)cc1. The number of hydrogen-bond acceptors (Lipinski definition) is 1. The van der Waals surface area contributed by atoms with Gasteiger partial charge in [-0.2, -0.15) is 0 Å². The van der Waals surface area contributed by atoms with E-state index >= 15 is 0 Å². The summed E-state index contributed by atoms with van der Waals surface area (Å²) in [4.78, 5) is 2.43. The summed E-state index contributed by atoms with van der Waals surface area (Å²) >= 11 is 0. The molecule has 0 radical (unpaired) electrons.